The van der Waals surface area contributed by atoms with Gasteiger partial charge in [0.1, 0.15) is 11.5 Å². The number of ether oxygens (including phenoxy) is 1. The Labute approximate surface area is 153 Å². The van der Waals surface area contributed by atoms with Crippen LogP contribution in [0.3, 0.4) is 0 Å². The third kappa shape index (κ3) is 5.91. The number of anilines is 1. The lowest BCUT2D eigenvalue weighted by Gasteiger charge is -2.24. The summed E-state index contributed by atoms with van der Waals surface area (Å²) in [6.07, 6.45) is 0.229. The number of amides is 2. The fraction of sp³-hybridized carbons (Fsp3) is 0.421. The Balaban J connectivity index is 1.99. The van der Waals surface area contributed by atoms with E-state index in [0.29, 0.717) is 18.1 Å². The molecule has 1 heterocycles. The maximum absolute atomic E-state index is 12.7. The van der Waals surface area contributed by atoms with Crippen molar-refractivity contribution in [3.05, 3.63) is 41.7 Å². The molecular weight excluding hydrogens is 334 g/mol. The van der Waals surface area contributed by atoms with E-state index in [-0.39, 0.29) is 30.7 Å². The van der Waals surface area contributed by atoms with Gasteiger partial charge in [0.2, 0.25) is 11.8 Å². The zero-order valence-electron chi connectivity index (χ0n) is 15.6. The molecule has 2 amide bonds. The Morgan fingerprint density at radius 1 is 1.27 bits per heavy atom. The fourth-order valence-corrected chi connectivity index (χ4v) is 2.51. The number of aromatic nitrogens is 1. The van der Waals surface area contributed by atoms with Crippen LogP contribution in [0.4, 0.5) is 5.82 Å². The highest BCUT2D eigenvalue weighted by Crippen LogP contribution is 2.13. The molecule has 7 heteroatoms. The average molecular weight is 359 g/mol. The first-order valence-electron chi connectivity index (χ1n) is 8.51. The normalized spacial score (nSPS) is 10.7. The molecule has 0 aliphatic carbocycles. The van der Waals surface area contributed by atoms with Crippen LogP contribution in [0.25, 0.3) is 0 Å². The number of carbonyl (C=O) groups is 2. The predicted molar refractivity (Wildman–Crippen MR) is 98.0 cm³/mol. The molecule has 0 unspecified atom stereocenters. The number of aryl methyl sites for hydroxylation is 1. The third-order valence-corrected chi connectivity index (χ3v) is 3.68. The van der Waals surface area contributed by atoms with Crippen LogP contribution in [0.2, 0.25) is 0 Å². The van der Waals surface area contributed by atoms with E-state index < -0.39 is 0 Å². The van der Waals surface area contributed by atoms with Crippen molar-refractivity contribution >= 4 is 17.6 Å². The first-order valence-corrected chi connectivity index (χ1v) is 8.51. The van der Waals surface area contributed by atoms with Crippen LogP contribution < -0.4 is 10.1 Å². The Kier molecular flexibility index (Phi) is 6.77. The minimum absolute atomic E-state index is 0.0287. The van der Waals surface area contributed by atoms with E-state index in [1.165, 1.54) is 0 Å². The molecule has 1 aromatic carbocycles. The molecule has 0 spiro atoms. The second-order valence-electron chi connectivity index (χ2n) is 6.56. The molecule has 0 atom stereocenters. The van der Waals surface area contributed by atoms with Crippen molar-refractivity contribution in [2.45, 2.75) is 27.2 Å². The number of nitrogens with one attached hydrogen (secondary N) is 1. The van der Waals surface area contributed by atoms with Crippen molar-refractivity contribution in [2.75, 3.05) is 25.5 Å². The van der Waals surface area contributed by atoms with Gasteiger partial charge in [-0.3, -0.25) is 9.59 Å². The van der Waals surface area contributed by atoms with Gasteiger partial charge in [-0.15, -0.1) is 0 Å². The number of carbonyl (C=O) groups excluding carboxylic acids is 2. The highest BCUT2D eigenvalue weighted by atomic mass is 16.5. The number of methoxy groups -OCH3 is 1. The van der Waals surface area contributed by atoms with Gasteiger partial charge in [0.25, 0.3) is 0 Å². The summed E-state index contributed by atoms with van der Waals surface area (Å²) in [4.78, 5) is 26.5. The van der Waals surface area contributed by atoms with Crippen molar-refractivity contribution in [3.8, 4) is 5.75 Å². The second kappa shape index (κ2) is 9.03. The lowest BCUT2D eigenvalue weighted by molar-refractivity contribution is -0.134. The Morgan fingerprint density at radius 2 is 1.96 bits per heavy atom. The largest absolute Gasteiger partial charge is 0.497 e. The first-order chi connectivity index (χ1) is 12.4. The van der Waals surface area contributed by atoms with Gasteiger partial charge in [0.15, 0.2) is 5.82 Å². The summed E-state index contributed by atoms with van der Waals surface area (Å²) in [5.74, 6) is 1.53. The van der Waals surface area contributed by atoms with Crippen molar-refractivity contribution in [1.29, 1.82) is 0 Å². The van der Waals surface area contributed by atoms with E-state index in [2.05, 4.69) is 10.5 Å². The van der Waals surface area contributed by atoms with E-state index in [1.54, 1.807) is 25.0 Å². The lowest BCUT2D eigenvalue weighted by Crippen LogP contribution is -2.41. The van der Waals surface area contributed by atoms with Gasteiger partial charge in [0, 0.05) is 12.6 Å². The quantitative estimate of drug-likeness (QED) is 0.783. The number of hydrogen-bond acceptors (Lipinski definition) is 5. The van der Waals surface area contributed by atoms with Crippen LogP contribution in [-0.2, 0) is 16.0 Å². The van der Waals surface area contributed by atoms with Crippen LogP contribution in [0.15, 0.2) is 34.9 Å². The van der Waals surface area contributed by atoms with Crippen molar-refractivity contribution in [1.82, 2.24) is 10.1 Å². The fourth-order valence-electron chi connectivity index (χ4n) is 2.51. The van der Waals surface area contributed by atoms with E-state index in [1.807, 2.05) is 38.1 Å². The van der Waals surface area contributed by atoms with Gasteiger partial charge in [-0.1, -0.05) is 31.1 Å². The minimum atomic E-state index is -0.304. The summed E-state index contributed by atoms with van der Waals surface area (Å²) in [5, 5.41) is 6.38. The van der Waals surface area contributed by atoms with E-state index in [4.69, 9.17) is 9.26 Å². The Bertz CT molecular complexity index is 737. The summed E-state index contributed by atoms with van der Waals surface area (Å²) < 4.78 is 10.0. The van der Waals surface area contributed by atoms with Gasteiger partial charge in [-0.05, 0) is 30.5 Å². The molecule has 140 valence electrons. The number of hydrogen-bond donors (Lipinski definition) is 1. The van der Waals surface area contributed by atoms with Crippen LogP contribution in [0.1, 0.15) is 25.2 Å². The van der Waals surface area contributed by atoms with E-state index >= 15 is 0 Å². The standard InChI is InChI=1S/C19H25N3O4/c1-13(2)11-22(12-18(23)20-17-9-14(3)26-21-17)19(24)10-15-5-7-16(25-4)8-6-15/h5-9,13H,10-12H2,1-4H3,(H,20,21,23). The van der Waals surface area contributed by atoms with Crippen LogP contribution >= 0.6 is 0 Å². The highest BCUT2D eigenvalue weighted by molar-refractivity contribution is 5.94. The van der Waals surface area contributed by atoms with E-state index in [9.17, 15) is 9.59 Å². The van der Waals surface area contributed by atoms with Crippen molar-refractivity contribution < 1.29 is 18.8 Å². The molecule has 7 nitrogen and oxygen atoms in total. The van der Waals surface area contributed by atoms with Gasteiger partial charge >= 0.3 is 0 Å². The van der Waals surface area contributed by atoms with Crippen LogP contribution in [-0.4, -0.2) is 42.1 Å². The molecule has 1 aromatic heterocycles. The van der Waals surface area contributed by atoms with Crippen molar-refractivity contribution in [3.63, 3.8) is 0 Å². The lowest BCUT2D eigenvalue weighted by atomic mass is 10.1. The SMILES string of the molecule is COc1ccc(CC(=O)N(CC(=O)Nc2cc(C)on2)CC(C)C)cc1. The van der Waals surface area contributed by atoms with Gasteiger partial charge in [0.05, 0.1) is 20.1 Å². The maximum Gasteiger partial charge on any atom is 0.245 e. The Morgan fingerprint density at radius 3 is 2.50 bits per heavy atom. The summed E-state index contributed by atoms with van der Waals surface area (Å²) >= 11 is 0. The Hall–Kier alpha value is -2.83. The number of benzene rings is 1. The molecule has 0 radical (unpaired) electrons. The average Bonchev–Trinajstić information content (AvgIpc) is 2.99. The molecule has 1 N–H and O–H groups in total. The topological polar surface area (TPSA) is 84.7 Å². The van der Waals surface area contributed by atoms with Gasteiger partial charge in [-0.2, -0.15) is 0 Å². The summed E-state index contributed by atoms with van der Waals surface area (Å²) in [6.45, 7) is 6.23. The molecular formula is C19H25N3O4. The second-order valence-corrected chi connectivity index (χ2v) is 6.56. The zero-order valence-corrected chi connectivity index (χ0v) is 15.6. The van der Waals surface area contributed by atoms with Crippen LogP contribution in [0, 0.1) is 12.8 Å². The summed E-state index contributed by atoms with van der Waals surface area (Å²) in [7, 11) is 1.60. The summed E-state index contributed by atoms with van der Waals surface area (Å²) in [5.41, 5.74) is 0.872. The molecule has 26 heavy (non-hydrogen) atoms. The monoisotopic (exact) mass is 359 g/mol. The zero-order chi connectivity index (χ0) is 19.1. The van der Waals surface area contributed by atoms with E-state index in [0.717, 1.165) is 11.3 Å². The molecule has 2 aromatic rings. The number of rotatable bonds is 8. The summed E-state index contributed by atoms with van der Waals surface area (Å²) in [6, 6.07) is 8.96. The predicted octanol–water partition coefficient (Wildman–Crippen LogP) is 2.66. The highest BCUT2D eigenvalue weighted by Gasteiger charge is 2.19. The number of nitrogens with zero attached hydrogens (tertiary/aromatic N) is 2. The molecule has 0 saturated heterocycles. The molecule has 0 aliphatic heterocycles. The molecule has 0 saturated carbocycles. The minimum Gasteiger partial charge on any atom is -0.497 e. The van der Waals surface area contributed by atoms with Gasteiger partial charge in [-0.25, -0.2) is 0 Å². The van der Waals surface area contributed by atoms with Crippen LogP contribution in [0.5, 0.6) is 5.75 Å². The van der Waals surface area contributed by atoms with Gasteiger partial charge < -0.3 is 19.5 Å². The third-order valence-electron chi connectivity index (χ3n) is 3.68. The smallest absolute Gasteiger partial charge is 0.245 e. The molecule has 2 rings (SSSR count). The maximum atomic E-state index is 12.7. The molecule has 0 aliphatic rings. The molecule has 0 bridgehead atoms. The van der Waals surface area contributed by atoms with Crippen molar-refractivity contribution in [2.24, 2.45) is 5.92 Å². The first kappa shape index (κ1) is 19.5. The molecule has 0 fully saturated rings.